The number of nitrogens with zero attached hydrogens (tertiary/aromatic N) is 3. The van der Waals surface area contributed by atoms with Gasteiger partial charge >= 0.3 is 18.2 Å². The zero-order valence-electron chi connectivity index (χ0n) is 19.4. The summed E-state index contributed by atoms with van der Waals surface area (Å²) in [5.74, 6) is -0.340. The third kappa shape index (κ3) is 4.44. The number of urea groups is 2. The Kier molecular flexibility index (Phi) is 5.79. The molecule has 0 spiro atoms. The van der Waals surface area contributed by atoms with E-state index in [1.165, 1.54) is 30.3 Å². The fourth-order valence-electron chi connectivity index (χ4n) is 4.66. The molecule has 0 aromatic heterocycles. The van der Waals surface area contributed by atoms with Crippen molar-refractivity contribution in [1.29, 1.82) is 5.26 Å². The van der Waals surface area contributed by atoms with Crippen molar-refractivity contribution < 1.29 is 32.7 Å². The van der Waals surface area contributed by atoms with E-state index in [1.807, 2.05) is 6.07 Å². The Balaban J connectivity index is 1.64. The van der Waals surface area contributed by atoms with Crippen LogP contribution in [0.2, 0.25) is 0 Å². The van der Waals surface area contributed by atoms with Gasteiger partial charge in [-0.2, -0.15) is 18.4 Å². The molecule has 1 saturated carbocycles. The predicted octanol–water partition coefficient (Wildman–Crippen LogP) is 4.41. The van der Waals surface area contributed by atoms with Crippen LogP contribution in [0.15, 0.2) is 59.8 Å². The van der Waals surface area contributed by atoms with Crippen LogP contribution in [0.3, 0.4) is 0 Å². The molecule has 37 heavy (non-hydrogen) atoms. The Morgan fingerprint density at radius 1 is 1.14 bits per heavy atom. The van der Waals surface area contributed by atoms with Crippen molar-refractivity contribution in [3.05, 3.63) is 76.5 Å². The van der Waals surface area contributed by atoms with Gasteiger partial charge in [-0.25, -0.2) is 14.5 Å². The molecule has 0 bridgehead atoms. The molecule has 3 aliphatic rings. The van der Waals surface area contributed by atoms with Crippen molar-refractivity contribution >= 4 is 23.5 Å². The topological polar surface area (TPSA) is 114 Å². The largest absolute Gasteiger partial charge is 0.416 e. The average Bonchev–Trinajstić information content (AvgIpc) is 3.50. The Morgan fingerprint density at radius 3 is 2.46 bits per heavy atom. The van der Waals surface area contributed by atoms with Crippen LogP contribution in [0, 0.1) is 11.3 Å². The van der Waals surface area contributed by atoms with E-state index >= 15 is 0 Å². The maximum atomic E-state index is 13.9. The third-order valence-electron chi connectivity index (χ3n) is 6.80. The van der Waals surface area contributed by atoms with Gasteiger partial charge in [0.05, 0.1) is 34.5 Å². The van der Waals surface area contributed by atoms with E-state index in [0.29, 0.717) is 24.0 Å². The lowest BCUT2D eigenvalue weighted by Crippen LogP contribution is -2.56. The molecule has 2 aliphatic carbocycles. The molecule has 1 heterocycles. The van der Waals surface area contributed by atoms with E-state index < -0.39 is 35.4 Å². The van der Waals surface area contributed by atoms with Crippen molar-refractivity contribution in [1.82, 2.24) is 10.2 Å². The Hall–Kier alpha value is -4.17. The number of anilines is 1. The SMILES string of the molecule is N#Cc1ccc(C2C3=C(CCC3=O)N(c3cccc(C(F)(F)F)c3)C(=O)N2C(=O)NCC2(O)CC2)cc1. The van der Waals surface area contributed by atoms with Crippen molar-refractivity contribution in [3.63, 3.8) is 0 Å². The Bertz CT molecular complexity index is 1370. The number of imide groups is 1. The van der Waals surface area contributed by atoms with Crippen LogP contribution >= 0.6 is 0 Å². The fraction of sp³-hybridized carbons (Fsp3) is 0.308. The van der Waals surface area contributed by atoms with Gasteiger partial charge in [0.25, 0.3) is 0 Å². The highest BCUT2D eigenvalue weighted by molar-refractivity contribution is 6.12. The monoisotopic (exact) mass is 510 g/mol. The van der Waals surface area contributed by atoms with Gasteiger partial charge in [0, 0.05) is 24.2 Å². The van der Waals surface area contributed by atoms with Gasteiger partial charge in [0.1, 0.15) is 0 Å². The van der Waals surface area contributed by atoms with E-state index in [4.69, 9.17) is 5.26 Å². The molecule has 2 aromatic rings. The zero-order valence-corrected chi connectivity index (χ0v) is 19.4. The molecule has 0 saturated heterocycles. The number of rotatable bonds is 4. The number of benzene rings is 2. The fourth-order valence-corrected chi connectivity index (χ4v) is 4.66. The molecule has 1 fully saturated rings. The number of Topliss-reactive ketones (excluding diaryl/α,β-unsaturated/α-hetero) is 1. The molecule has 1 aliphatic heterocycles. The van der Waals surface area contributed by atoms with Crippen molar-refractivity contribution in [3.8, 4) is 6.07 Å². The van der Waals surface area contributed by atoms with Crippen molar-refractivity contribution in [2.75, 3.05) is 11.4 Å². The highest BCUT2D eigenvalue weighted by Crippen LogP contribution is 2.46. The minimum atomic E-state index is -4.67. The molecule has 8 nitrogen and oxygen atoms in total. The molecular weight excluding hydrogens is 489 g/mol. The molecule has 2 N–H and O–H groups in total. The Morgan fingerprint density at radius 2 is 1.84 bits per heavy atom. The van der Waals surface area contributed by atoms with E-state index in [0.717, 1.165) is 28.0 Å². The number of halogens is 3. The van der Waals surface area contributed by atoms with Crippen LogP contribution in [-0.2, 0) is 11.0 Å². The number of hydrogen-bond acceptors (Lipinski definition) is 5. The molecular formula is C26H21F3N4O4. The first-order chi connectivity index (χ1) is 17.5. The minimum Gasteiger partial charge on any atom is -0.388 e. The summed E-state index contributed by atoms with van der Waals surface area (Å²) in [5.41, 5.74) is -1.11. The molecule has 2 aromatic carbocycles. The zero-order chi connectivity index (χ0) is 26.5. The summed E-state index contributed by atoms with van der Waals surface area (Å²) in [5, 5.41) is 21.9. The molecule has 190 valence electrons. The highest BCUT2D eigenvalue weighted by Gasteiger charge is 2.49. The molecule has 1 atom stereocenters. The summed E-state index contributed by atoms with van der Waals surface area (Å²) < 4.78 is 40.3. The summed E-state index contributed by atoms with van der Waals surface area (Å²) in [6.45, 7) is -0.126. The number of hydrogen-bond donors (Lipinski definition) is 2. The number of allylic oxidation sites excluding steroid dienone is 1. The lowest BCUT2D eigenvalue weighted by molar-refractivity contribution is -0.137. The number of nitrogens with one attached hydrogen (secondary N) is 1. The van der Waals surface area contributed by atoms with E-state index in [9.17, 15) is 32.7 Å². The van der Waals surface area contributed by atoms with Crippen LogP contribution in [-0.4, -0.2) is 40.0 Å². The number of amides is 4. The van der Waals surface area contributed by atoms with E-state index in [-0.39, 0.29) is 42.1 Å². The predicted molar refractivity (Wildman–Crippen MR) is 124 cm³/mol. The maximum absolute atomic E-state index is 13.9. The molecule has 5 rings (SSSR count). The van der Waals surface area contributed by atoms with Crippen LogP contribution < -0.4 is 10.2 Å². The summed E-state index contributed by atoms with van der Waals surface area (Å²) >= 11 is 0. The lowest BCUT2D eigenvalue weighted by Gasteiger charge is -2.41. The second kappa shape index (κ2) is 8.74. The van der Waals surface area contributed by atoms with Crippen LogP contribution in [0.25, 0.3) is 0 Å². The first-order valence-electron chi connectivity index (χ1n) is 11.6. The first kappa shape index (κ1) is 24.5. The molecule has 11 heteroatoms. The first-order valence-corrected chi connectivity index (χ1v) is 11.6. The normalized spacial score (nSPS) is 20.6. The van der Waals surface area contributed by atoms with Crippen LogP contribution in [0.4, 0.5) is 28.4 Å². The standard InChI is InChI=1S/C26H21F3N4O4/c27-26(28,29)17-2-1-3-18(12-17)32-19-8-9-20(34)21(19)22(16-6-4-15(13-30)5-7-16)33(24(32)36)23(35)31-14-25(37)10-11-25/h1-7,12,22,37H,8-11,14H2,(H,31,35). The number of carbonyl (C=O) groups is 3. The smallest absolute Gasteiger partial charge is 0.388 e. The number of ketones is 1. The van der Waals surface area contributed by atoms with Gasteiger partial charge in [0.15, 0.2) is 5.78 Å². The van der Waals surface area contributed by atoms with Gasteiger partial charge in [-0.1, -0.05) is 18.2 Å². The van der Waals surface area contributed by atoms with Gasteiger partial charge < -0.3 is 10.4 Å². The van der Waals surface area contributed by atoms with Crippen molar-refractivity contribution in [2.45, 2.75) is 43.5 Å². The minimum absolute atomic E-state index is 0.0232. The number of carbonyl (C=O) groups excluding carboxylic acids is 3. The van der Waals surface area contributed by atoms with E-state index in [2.05, 4.69) is 5.32 Å². The number of aliphatic hydroxyl groups is 1. The summed E-state index contributed by atoms with van der Waals surface area (Å²) in [4.78, 5) is 42.1. The average molecular weight is 510 g/mol. The highest BCUT2D eigenvalue weighted by atomic mass is 19.4. The second-order valence-corrected chi connectivity index (χ2v) is 9.34. The lowest BCUT2D eigenvalue weighted by atomic mass is 9.92. The molecule has 4 amide bonds. The molecule has 0 radical (unpaired) electrons. The summed E-state index contributed by atoms with van der Waals surface area (Å²) in [7, 11) is 0. The van der Waals surface area contributed by atoms with Crippen molar-refractivity contribution in [2.24, 2.45) is 0 Å². The quantitative estimate of drug-likeness (QED) is 0.633. The van der Waals surface area contributed by atoms with Crippen LogP contribution in [0.1, 0.15) is 48.4 Å². The van der Waals surface area contributed by atoms with Gasteiger partial charge in [0.2, 0.25) is 0 Å². The van der Waals surface area contributed by atoms with Gasteiger partial charge in [-0.15, -0.1) is 0 Å². The summed E-state index contributed by atoms with van der Waals surface area (Å²) in [6.07, 6.45) is -3.58. The number of nitriles is 1. The second-order valence-electron chi connectivity index (χ2n) is 9.34. The van der Waals surface area contributed by atoms with Gasteiger partial charge in [-0.05, 0) is 55.2 Å². The Labute approximate surface area is 209 Å². The maximum Gasteiger partial charge on any atom is 0.416 e. The third-order valence-corrected chi connectivity index (χ3v) is 6.80. The number of alkyl halides is 3. The molecule has 1 unspecified atom stereocenters. The van der Waals surface area contributed by atoms with E-state index in [1.54, 1.807) is 0 Å². The van der Waals surface area contributed by atoms with Crippen LogP contribution in [0.5, 0.6) is 0 Å². The van der Waals surface area contributed by atoms with Gasteiger partial charge in [-0.3, -0.25) is 9.69 Å². The summed E-state index contributed by atoms with van der Waals surface area (Å²) in [6, 6.07) is 9.17.